The van der Waals surface area contributed by atoms with Gasteiger partial charge in [0, 0.05) is 62.0 Å². The zero-order valence-corrected chi connectivity index (χ0v) is 17.5. The predicted molar refractivity (Wildman–Crippen MR) is 115 cm³/mol. The average molecular weight is 418 g/mol. The van der Waals surface area contributed by atoms with Crippen molar-refractivity contribution in [1.29, 1.82) is 5.41 Å². The maximum Gasteiger partial charge on any atom is 0.246 e. The van der Waals surface area contributed by atoms with Crippen molar-refractivity contribution in [2.24, 2.45) is 5.73 Å². The van der Waals surface area contributed by atoms with Crippen molar-refractivity contribution in [3.8, 4) is 5.75 Å². The Hall–Kier alpha value is -2.51. The highest BCUT2D eigenvalue weighted by atomic mass is 35.5. The molecule has 1 aromatic carbocycles. The molecule has 7 nitrogen and oxygen atoms in total. The number of rotatable bonds is 6. The number of nitrogens with one attached hydrogen (secondary N) is 1. The lowest BCUT2D eigenvalue weighted by molar-refractivity contribution is -0.133. The molecule has 0 unspecified atom stereocenters. The summed E-state index contributed by atoms with van der Waals surface area (Å²) in [7, 11) is 0. The number of nitrogens with zero attached hydrogens (tertiary/aromatic N) is 3. The summed E-state index contributed by atoms with van der Waals surface area (Å²) in [5, 5.41) is 19.0. The number of phenolic OH excluding ortho intramolecular Hbond substituents is 1. The lowest BCUT2D eigenvalue weighted by Crippen LogP contribution is -2.64. The van der Waals surface area contributed by atoms with Gasteiger partial charge >= 0.3 is 0 Å². The molecule has 2 fully saturated rings. The molecule has 0 aromatic heterocycles. The molecule has 0 spiro atoms. The van der Waals surface area contributed by atoms with Gasteiger partial charge in [0.1, 0.15) is 11.6 Å². The first kappa shape index (κ1) is 21.2. The summed E-state index contributed by atoms with van der Waals surface area (Å²) in [5.74, 6) is 0.482. The van der Waals surface area contributed by atoms with Crippen molar-refractivity contribution in [1.82, 2.24) is 14.7 Å². The maximum atomic E-state index is 11.6. The number of allylic oxidation sites excluding steroid dienone is 1. The van der Waals surface area contributed by atoms with Gasteiger partial charge in [-0.2, -0.15) is 0 Å². The molecule has 0 aliphatic carbocycles. The minimum absolute atomic E-state index is 0.0118. The topological polar surface area (TPSA) is 96.9 Å². The second kappa shape index (κ2) is 8.88. The molecule has 156 valence electrons. The molecule has 2 saturated heterocycles. The van der Waals surface area contributed by atoms with Gasteiger partial charge in [0.05, 0.1) is 5.71 Å². The first-order valence-electron chi connectivity index (χ1n) is 9.81. The summed E-state index contributed by atoms with van der Waals surface area (Å²) < 4.78 is 0. The minimum atomic E-state index is -0.0188. The van der Waals surface area contributed by atoms with Gasteiger partial charge in [0.15, 0.2) is 0 Å². The molecule has 2 aliphatic rings. The van der Waals surface area contributed by atoms with Crippen LogP contribution >= 0.6 is 11.6 Å². The van der Waals surface area contributed by atoms with Crippen LogP contribution in [-0.2, 0) is 11.2 Å². The van der Waals surface area contributed by atoms with Gasteiger partial charge in [-0.05, 0) is 30.2 Å². The van der Waals surface area contributed by atoms with Crippen LogP contribution in [0.4, 0.5) is 0 Å². The van der Waals surface area contributed by atoms with Gasteiger partial charge in [-0.1, -0.05) is 25.1 Å². The van der Waals surface area contributed by atoms with E-state index < -0.39 is 0 Å². The van der Waals surface area contributed by atoms with Crippen LogP contribution < -0.4 is 5.73 Å². The number of carbonyl (C=O) groups excluding carboxylic acids is 1. The molecule has 0 saturated carbocycles. The van der Waals surface area contributed by atoms with Crippen molar-refractivity contribution in [3.63, 3.8) is 0 Å². The summed E-state index contributed by atoms with van der Waals surface area (Å²) in [6.45, 7) is 10.2. The van der Waals surface area contributed by atoms with Crippen LogP contribution in [0.15, 0.2) is 36.7 Å². The van der Waals surface area contributed by atoms with E-state index in [1.807, 2.05) is 11.8 Å². The minimum Gasteiger partial charge on any atom is -0.507 e. The zero-order chi connectivity index (χ0) is 21.1. The number of amides is 1. The van der Waals surface area contributed by atoms with E-state index in [-0.39, 0.29) is 17.4 Å². The molecule has 0 atom stereocenters. The number of aryl methyl sites for hydroxylation is 1. The number of carbonyl (C=O) groups is 1. The van der Waals surface area contributed by atoms with Gasteiger partial charge in [-0.25, -0.2) is 0 Å². The molecule has 2 heterocycles. The third-order valence-corrected chi connectivity index (χ3v) is 6.02. The normalized spacial score (nSPS) is 18.5. The number of benzene rings is 1. The molecule has 8 heteroatoms. The monoisotopic (exact) mass is 417 g/mol. The maximum absolute atomic E-state index is 11.6. The summed E-state index contributed by atoms with van der Waals surface area (Å²) in [5.41, 5.74) is 7.71. The van der Waals surface area contributed by atoms with Gasteiger partial charge in [-0.3, -0.25) is 15.1 Å². The summed E-state index contributed by atoms with van der Waals surface area (Å²) in [4.78, 5) is 17.8. The summed E-state index contributed by atoms with van der Waals surface area (Å²) in [6.07, 6.45) is 3.67. The lowest BCUT2D eigenvalue weighted by atomic mass is 10.0. The highest BCUT2D eigenvalue weighted by Gasteiger charge is 2.35. The van der Waals surface area contributed by atoms with Crippen molar-refractivity contribution in [2.75, 3.05) is 39.3 Å². The van der Waals surface area contributed by atoms with Crippen LogP contribution in [0, 0.1) is 5.41 Å². The Bertz CT molecular complexity index is 840. The number of phenols is 1. The number of nitrogens with two attached hydrogens (primary N) is 1. The summed E-state index contributed by atoms with van der Waals surface area (Å²) in [6, 6.07) is 3.61. The Balaban J connectivity index is 1.57. The standard InChI is InChI=1S/C21H28ClN5O2/c1-3-14-9-16(19(28)10-17(14)22)18(23)11-20(24)26-7-5-25(6-8-26)15-12-27(13-15)21(29)4-2/h4,9-11,15,23,28H,2-3,5-8,12-13,24H2,1H3/b20-11+,23-18?. The van der Waals surface area contributed by atoms with E-state index >= 15 is 0 Å². The fraction of sp³-hybridized carbons (Fsp3) is 0.429. The highest BCUT2D eigenvalue weighted by Crippen LogP contribution is 2.27. The van der Waals surface area contributed by atoms with E-state index in [9.17, 15) is 9.90 Å². The molecule has 4 N–H and O–H groups in total. The van der Waals surface area contributed by atoms with E-state index in [1.54, 1.807) is 17.0 Å². The Labute approximate surface area is 176 Å². The molecule has 3 rings (SSSR count). The molecular formula is C21H28ClN5O2. The van der Waals surface area contributed by atoms with Crippen LogP contribution in [0.1, 0.15) is 18.1 Å². The Morgan fingerprint density at radius 1 is 1.31 bits per heavy atom. The van der Waals surface area contributed by atoms with Crippen LogP contribution in [0.2, 0.25) is 5.02 Å². The quantitative estimate of drug-likeness (QED) is 0.484. The molecule has 1 amide bonds. The van der Waals surface area contributed by atoms with Crippen LogP contribution in [0.3, 0.4) is 0 Å². The van der Waals surface area contributed by atoms with Gasteiger partial charge in [0.25, 0.3) is 0 Å². The lowest BCUT2D eigenvalue weighted by Gasteiger charge is -2.48. The second-order valence-electron chi connectivity index (χ2n) is 7.42. The number of piperazine rings is 1. The summed E-state index contributed by atoms with van der Waals surface area (Å²) >= 11 is 6.11. The number of halogens is 1. The molecule has 1 aromatic rings. The molecule has 2 aliphatic heterocycles. The Kier molecular flexibility index (Phi) is 6.49. The number of aromatic hydroxyl groups is 1. The van der Waals surface area contributed by atoms with E-state index in [4.69, 9.17) is 22.7 Å². The van der Waals surface area contributed by atoms with E-state index in [0.29, 0.717) is 22.4 Å². The zero-order valence-electron chi connectivity index (χ0n) is 16.7. The second-order valence-corrected chi connectivity index (χ2v) is 7.83. The molecule has 0 radical (unpaired) electrons. The average Bonchev–Trinajstić information content (AvgIpc) is 2.67. The number of hydrogen-bond acceptors (Lipinski definition) is 6. The fourth-order valence-electron chi connectivity index (χ4n) is 3.75. The van der Waals surface area contributed by atoms with Crippen LogP contribution in [0.5, 0.6) is 5.75 Å². The van der Waals surface area contributed by atoms with Gasteiger partial charge in [0.2, 0.25) is 5.91 Å². The fourth-order valence-corrected chi connectivity index (χ4v) is 4.04. The highest BCUT2D eigenvalue weighted by molar-refractivity contribution is 6.31. The van der Waals surface area contributed by atoms with Crippen LogP contribution in [-0.4, -0.2) is 76.7 Å². The van der Waals surface area contributed by atoms with Crippen molar-refractivity contribution in [2.45, 2.75) is 19.4 Å². The largest absolute Gasteiger partial charge is 0.507 e. The van der Waals surface area contributed by atoms with Crippen molar-refractivity contribution >= 4 is 23.2 Å². The smallest absolute Gasteiger partial charge is 0.246 e. The Morgan fingerprint density at radius 3 is 2.55 bits per heavy atom. The predicted octanol–water partition coefficient (Wildman–Crippen LogP) is 1.79. The first-order chi connectivity index (χ1) is 13.8. The van der Waals surface area contributed by atoms with E-state index in [2.05, 4.69) is 11.5 Å². The van der Waals surface area contributed by atoms with E-state index in [1.165, 1.54) is 12.1 Å². The van der Waals surface area contributed by atoms with Crippen LogP contribution in [0.25, 0.3) is 0 Å². The molecular weight excluding hydrogens is 390 g/mol. The van der Waals surface area contributed by atoms with Gasteiger partial charge < -0.3 is 20.6 Å². The van der Waals surface area contributed by atoms with E-state index in [0.717, 1.165) is 51.3 Å². The van der Waals surface area contributed by atoms with Crippen molar-refractivity contribution < 1.29 is 9.90 Å². The third kappa shape index (κ3) is 4.57. The SMILES string of the molecule is C=CC(=O)N1CC(N2CCN(/C(N)=C/C(=N)c3cc(CC)c(Cl)cc3O)CC2)C1. The van der Waals surface area contributed by atoms with Gasteiger partial charge in [-0.15, -0.1) is 0 Å². The first-order valence-corrected chi connectivity index (χ1v) is 10.2. The molecule has 29 heavy (non-hydrogen) atoms. The molecule has 0 bridgehead atoms. The van der Waals surface area contributed by atoms with Crippen molar-refractivity contribution in [3.05, 3.63) is 52.8 Å². The number of hydrogen-bond donors (Lipinski definition) is 3. The number of likely N-dealkylation sites (tertiary alicyclic amines) is 1. The Morgan fingerprint density at radius 2 is 1.97 bits per heavy atom. The third-order valence-electron chi connectivity index (χ3n) is 5.67.